The molecule has 2 heterocycles. The summed E-state index contributed by atoms with van der Waals surface area (Å²) in [5, 5.41) is 3.61. The van der Waals surface area contributed by atoms with Crippen molar-refractivity contribution in [1.82, 2.24) is 10.2 Å². The molecule has 0 bridgehead atoms. The van der Waals surface area contributed by atoms with E-state index in [1.807, 2.05) is 52.8 Å². The van der Waals surface area contributed by atoms with E-state index >= 15 is 0 Å². The van der Waals surface area contributed by atoms with Gasteiger partial charge in [0, 0.05) is 6.04 Å². The predicted octanol–water partition coefficient (Wildman–Crippen LogP) is 3.90. The predicted molar refractivity (Wildman–Crippen MR) is 117 cm³/mol. The molecule has 30 heavy (non-hydrogen) atoms. The monoisotopic (exact) mass is 416 g/mol. The molecule has 2 saturated heterocycles. The van der Waals surface area contributed by atoms with Crippen molar-refractivity contribution in [3.8, 4) is 0 Å². The number of amides is 1. The van der Waals surface area contributed by atoms with E-state index in [1.165, 1.54) is 5.56 Å². The Bertz CT molecular complexity index is 728. The zero-order valence-electron chi connectivity index (χ0n) is 18.9. The van der Waals surface area contributed by atoms with E-state index in [0.29, 0.717) is 19.6 Å². The molecular formula is C24H36N2O4. The number of nitrogens with zero attached hydrogens (tertiary/aromatic N) is 1. The normalized spacial score (nSPS) is 28.5. The van der Waals surface area contributed by atoms with Crippen molar-refractivity contribution in [2.24, 2.45) is 0 Å². The molecule has 6 heteroatoms. The second-order valence-corrected chi connectivity index (χ2v) is 9.71. The number of likely N-dealkylation sites (tertiary alicyclic amines) is 1. The minimum Gasteiger partial charge on any atom is -0.444 e. The van der Waals surface area contributed by atoms with Crippen LogP contribution in [0, 0.1) is 0 Å². The fourth-order valence-corrected chi connectivity index (χ4v) is 4.36. The summed E-state index contributed by atoms with van der Waals surface area (Å²) < 4.78 is 18.1. The molecule has 0 aromatic heterocycles. The zero-order valence-corrected chi connectivity index (χ0v) is 18.9. The van der Waals surface area contributed by atoms with Crippen LogP contribution in [0.5, 0.6) is 0 Å². The van der Waals surface area contributed by atoms with Gasteiger partial charge in [0.15, 0.2) is 0 Å². The van der Waals surface area contributed by atoms with Crippen LogP contribution >= 0.6 is 0 Å². The van der Waals surface area contributed by atoms with Gasteiger partial charge < -0.3 is 14.2 Å². The molecule has 166 valence electrons. The molecule has 3 rings (SSSR count). The summed E-state index contributed by atoms with van der Waals surface area (Å²) in [6.07, 6.45) is 2.73. The Labute approximate surface area is 180 Å². The lowest BCUT2D eigenvalue weighted by molar-refractivity contribution is -0.0584. The smallest absolute Gasteiger partial charge is 0.410 e. The number of hydrogen-bond acceptors (Lipinski definition) is 5. The van der Waals surface area contributed by atoms with Gasteiger partial charge in [-0.2, -0.15) is 0 Å². The van der Waals surface area contributed by atoms with Crippen LogP contribution in [0.3, 0.4) is 0 Å². The van der Waals surface area contributed by atoms with E-state index in [-0.39, 0.29) is 30.4 Å². The van der Waals surface area contributed by atoms with Gasteiger partial charge >= 0.3 is 6.09 Å². The van der Waals surface area contributed by atoms with Crippen LogP contribution in [0.15, 0.2) is 43.0 Å². The Morgan fingerprint density at radius 1 is 1.33 bits per heavy atom. The topological polar surface area (TPSA) is 60.0 Å². The Morgan fingerprint density at radius 2 is 2.03 bits per heavy atom. The average molecular weight is 417 g/mol. The highest BCUT2D eigenvalue weighted by atomic mass is 16.6. The molecule has 0 saturated carbocycles. The third-order valence-electron chi connectivity index (χ3n) is 5.42. The van der Waals surface area contributed by atoms with Crippen LogP contribution < -0.4 is 5.32 Å². The first-order valence-corrected chi connectivity index (χ1v) is 10.8. The largest absolute Gasteiger partial charge is 0.444 e. The van der Waals surface area contributed by atoms with Crippen molar-refractivity contribution >= 4 is 6.09 Å². The van der Waals surface area contributed by atoms with Gasteiger partial charge in [-0.1, -0.05) is 36.4 Å². The van der Waals surface area contributed by atoms with E-state index in [9.17, 15) is 4.79 Å². The fraction of sp³-hybridized carbons (Fsp3) is 0.625. The minimum absolute atomic E-state index is 0.0646. The maximum absolute atomic E-state index is 13.0. The summed E-state index contributed by atoms with van der Waals surface area (Å²) in [6.45, 7) is 14.4. The number of nitrogens with one attached hydrogen (secondary N) is 1. The third kappa shape index (κ3) is 5.84. The average Bonchev–Trinajstić information content (AvgIpc) is 3.20. The van der Waals surface area contributed by atoms with E-state index in [1.54, 1.807) is 11.0 Å². The molecule has 0 spiro atoms. The van der Waals surface area contributed by atoms with Crippen molar-refractivity contribution in [2.45, 2.75) is 83.1 Å². The summed E-state index contributed by atoms with van der Waals surface area (Å²) in [6, 6.07) is 10.3. The van der Waals surface area contributed by atoms with Gasteiger partial charge in [0.25, 0.3) is 0 Å². The molecular weight excluding hydrogens is 380 g/mol. The first kappa shape index (κ1) is 22.8. The maximum Gasteiger partial charge on any atom is 0.410 e. The van der Waals surface area contributed by atoms with E-state index in [0.717, 1.165) is 6.42 Å². The van der Waals surface area contributed by atoms with Crippen molar-refractivity contribution in [3.63, 3.8) is 0 Å². The van der Waals surface area contributed by atoms with Crippen molar-refractivity contribution < 1.29 is 19.0 Å². The van der Waals surface area contributed by atoms with E-state index < -0.39 is 11.3 Å². The van der Waals surface area contributed by atoms with E-state index in [2.05, 4.69) is 24.0 Å². The van der Waals surface area contributed by atoms with E-state index in [4.69, 9.17) is 14.2 Å². The van der Waals surface area contributed by atoms with Crippen LogP contribution in [-0.2, 0) is 20.6 Å². The molecule has 2 aliphatic heterocycles. The molecule has 1 amide bonds. The first-order valence-electron chi connectivity index (χ1n) is 10.8. The molecule has 2 fully saturated rings. The highest BCUT2D eigenvalue weighted by Crippen LogP contribution is 2.34. The highest BCUT2D eigenvalue weighted by molar-refractivity contribution is 5.69. The van der Waals surface area contributed by atoms with Gasteiger partial charge in [-0.05, 0) is 53.0 Å². The van der Waals surface area contributed by atoms with Crippen molar-refractivity contribution in [3.05, 3.63) is 48.6 Å². The number of carbonyl (C=O) groups is 1. The van der Waals surface area contributed by atoms with Gasteiger partial charge in [0.2, 0.25) is 0 Å². The fourth-order valence-electron chi connectivity index (χ4n) is 4.36. The number of benzene rings is 1. The SMILES string of the molecule is C=CCO[C@@H]1C[C@H]([C@H]2OC(C)(C)N[C@H]2Cc2ccccc2)N(C(=O)OC(C)(C)C)C1. The molecule has 0 aliphatic carbocycles. The van der Waals surface area contributed by atoms with Gasteiger partial charge in [-0.25, -0.2) is 4.79 Å². The summed E-state index contributed by atoms with van der Waals surface area (Å²) >= 11 is 0. The number of rotatable bonds is 6. The molecule has 0 unspecified atom stereocenters. The summed E-state index contributed by atoms with van der Waals surface area (Å²) in [5.74, 6) is 0. The molecule has 2 aliphatic rings. The molecule has 1 aromatic rings. The van der Waals surface area contributed by atoms with Gasteiger partial charge in [0.05, 0.1) is 31.4 Å². The summed E-state index contributed by atoms with van der Waals surface area (Å²) in [5.41, 5.74) is 0.214. The molecule has 4 atom stereocenters. The Morgan fingerprint density at radius 3 is 2.67 bits per heavy atom. The van der Waals surface area contributed by atoms with Crippen LogP contribution in [0.1, 0.15) is 46.6 Å². The van der Waals surface area contributed by atoms with Crippen LogP contribution in [0.25, 0.3) is 0 Å². The lowest BCUT2D eigenvalue weighted by Crippen LogP contribution is -2.50. The first-order chi connectivity index (χ1) is 14.1. The summed E-state index contributed by atoms with van der Waals surface area (Å²) in [4.78, 5) is 14.8. The summed E-state index contributed by atoms with van der Waals surface area (Å²) in [7, 11) is 0. The maximum atomic E-state index is 13.0. The van der Waals surface area contributed by atoms with Gasteiger partial charge in [-0.15, -0.1) is 6.58 Å². The van der Waals surface area contributed by atoms with Crippen molar-refractivity contribution in [2.75, 3.05) is 13.2 Å². The second-order valence-electron chi connectivity index (χ2n) is 9.71. The quantitative estimate of drug-likeness (QED) is 0.713. The molecule has 1 N–H and O–H groups in total. The Balaban J connectivity index is 1.82. The second kappa shape index (κ2) is 9.08. The van der Waals surface area contributed by atoms with Crippen LogP contribution in [-0.4, -0.2) is 59.8 Å². The molecule has 6 nitrogen and oxygen atoms in total. The molecule has 1 aromatic carbocycles. The lowest BCUT2D eigenvalue weighted by atomic mass is 9.95. The zero-order chi connectivity index (χ0) is 21.9. The van der Waals surface area contributed by atoms with Gasteiger partial charge in [-0.3, -0.25) is 10.2 Å². The lowest BCUT2D eigenvalue weighted by Gasteiger charge is -2.33. The van der Waals surface area contributed by atoms with Gasteiger partial charge in [0.1, 0.15) is 11.3 Å². The Hall–Kier alpha value is -1.89. The number of hydrogen-bond donors (Lipinski definition) is 1. The number of carbonyl (C=O) groups excluding carboxylic acids is 1. The molecule has 0 radical (unpaired) electrons. The standard InChI is InChI=1S/C24H36N2O4/c1-7-13-28-18-15-20(26(16-18)22(27)30-23(2,3)4)21-19(25-24(5,6)29-21)14-17-11-9-8-10-12-17/h7-12,18-21,25H,1,13-16H2,2-6H3/t18-,19+,20-,21+/m1/s1. The minimum atomic E-state index is -0.556. The van der Waals surface area contributed by atoms with Crippen LogP contribution in [0.2, 0.25) is 0 Å². The number of ether oxygens (including phenoxy) is 3. The van der Waals surface area contributed by atoms with Crippen LogP contribution in [0.4, 0.5) is 4.79 Å². The highest BCUT2D eigenvalue weighted by Gasteiger charge is 2.50. The van der Waals surface area contributed by atoms with Crippen molar-refractivity contribution in [1.29, 1.82) is 0 Å². The Kier molecular flexibility index (Phi) is 6.90. The third-order valence-corrected chi connectivity index (χ3v) is 5.42.